The highest BCUT2D eigenvalue weighted by atomic mass is 16.5. The Morgan fingerprint density at radius 2 is 1.92 bits per heavy atom. The van der Waals surface area contributed by atoms with Gasteiger partial charge in [0.2, 0.25) is 0 Å². The van der Waals surface area contributed by atoms with Gasteiger partial charge in [0.25, 0.3) is 0 Å². The molecule has 194 valence electrons. The number of phenolic OH excluding ortho intramolecular Hbond substituents is 2. The predicted molar refractivity (Wildman–Crippen MR) is 133 cm³/mol. The summed E-state index contributed by atoms with van der Waals surface area (Å²) < 4.78 is 12.6. The maximum Gasteiger partial charge on any atom is 0.194 e. The zero-order valence-corrected chi connectivity index (χ0v) is 21.1. The third kappa shape index (κ3) is 3.37. The van der Waals surface area contributed by atoms with Crippen molar-refractivity contribution in [1.29, 1.82) is 0 Å². The van der Waals surface area contributed by atoms with Gasteiger partial charge < -0.3 is 25.0 Å². The van der Waals surface area contributed by atoms with E-state index in [9.17, 15) is 24.6 Å². The van der Waals surface area contributed by atoms with E-state index < -0.39 is 28.5 Å². The Bertz CT molecular complexity index is 1620. The Kier molecular flexibility index (Phi) is 5.55. The van der Waals surface area contributed by atoms with E-state index in [1.54, 1.807) is 25.1 Å². The average molecular weight is 517 g/mol. The van der Waals surface area contributed by atoms with Gasteiger partial charge in [0.15, 0.2) is 17.3 Å². The van der Waals surface area contributed by atoms with Crippen LogP contribution in [-0.4, -0.2) is 54.9 Å². The number of allylic oxidation sites excluding steroid dienone is 4. The number of carbonyl (C=O) groups is 3. The van der Waals surface area contributed by atoms with Crippen LogP contribution in [0.5, 0.6) is 23.0 Å². The van der Waals surface area contributed by atoms with Gasteiger partial charge in [-0.05, 0) is 56.3 Å². The lowest BCUT2D eigenvalue weighted by molar-refractivity contribution is -0.123. The summed E-state index contributed by atoms with van der Waals surface area (Å²) in [6.07, 6.45) is 2.56. The zero-order valence-electron chi connectivity index (χ0n) is 21.1. The second-order valence-corrected chi connectivity index (χ2v) is 9.15. The highest BCUT2D eigenvalue weighted by molar-refractivity contribution is 6.31. The molecule has 0 saturated heterocycles. The number of rotatable bonds is 5. The molecule has 1 atom stereocenters. The Morgan fingerprint density at radius 1 is 1.18 bits per heavy atom. The van der Waals surface area contributed by atoms with Crippen LogP contribution in [0, 0.1) is 6.92 Å². The second-order valence-electron chi connectivity index (χ2n) is 9.15. The molecule has 0 radical (unpaired) electrons. The monoisotopic (exact) mass is 517 g/mol. The number of ketones is 3. The van der Waals surface area contributed by atoms with Gasteiger partial charge in [-0.25, -0.2) is 0 Å². The number of Topliss-reactive ketones (excluding diaryl/α,β-unsaturated/α-hetero) is 2. The fourth-order valence-corrected chi connectivity index (χ4v) is 4.86. The molecule has 2 aliphatic rings. The molecule has 5 rings (SSSR count). The zero-order chi connectivity index (χ0) is 27.5. The number of fused-ring (bicyclic) bond motifs is 3. The Balaban J connectivity index is 1.62. The van der Waals surface area contributed by atoms with Crippen molar-refractivity contribution in [3.63, 3.8) is 0 Å². The van der Waals surface area contributed by atoms with Gasteiger partial charge in [0.05, 0.1) is 18.2 Å². The lowest BCUT2D eigenvalue weighted by Gasteiger charge is -2.29. The summed E-state index contributed by atoms with van der Waals surface area (Å²) in [5.41, 5.74) is -0.581. The van der Waals surface area contributed by atoms with E-state index in [0.717, 1.165) is 6.08 Å². The number of carbonyl (C=O) groups excluding carboxylic acids is 3. The number of aromatic hydroxyl groups is 2. The van der Waals surface area contributed by atoms with E-state index in [0.29, 0.717) is 17.1 Å². The number of nitrogens with one attached hydrogen (secondary N) is 1. The van der Waals surface area contributed by atoms with E-state index in [-0.39, 0.29) is 45.2 Å². The van der Waals surface area contributed by atoms with Gasteiger partial charge in [0.1, 0.15) is 51.8 Å². The van der Waals surface area contributed by atoms with Crippen LogP contribution in [-0.2, 0) is 15.0 Å². The van der Waals surface area contributed by atoms with Crippen LogP contribution in [0.25, 0.3) is 5.69 Å². The summed E-state index contributed by atoms with van der Waals surface area (Å²) in [6.45, 7) is 5.75. The molecule has 0 spiro atoms. The average Bonchev–Trinajstić information content (AvgIpc) is 3.50. The number of hydrogen-bond acceptors (Lipinski definition) is 11. The van der Waals surface area contributed by atoms with Crippen LogP contribution < -0.4 is 14.8 Å². The van der Waals surface area contributed by atoms with Gasteiger partial charge in [-0.3, -0.25) is 14.4 Å². The van der Waals surface area contributed by atoms with Gasteiger partial charge in [-0.1, -0.05) is 0 Å². The first-order chi connectivity index (χ1) is 18.0. The summed E-state index contributed by atoms with van der Waals surface area (Å²) >= 11 is 0. The molecule has 1 aromatic heterocycles. The molecule has 0 fully saturated rings. The molecule has 12 heteroatoms. The largest absolute Gasteiger partial charge is 0.507 e. The first-order valence-corrected chi connectivity index (χ1v) is 11.5. The Hall–Kier alpha value is -5.00. The smallest absolute Gasteiger partial charge is 0.194 e. The summed E-state index contributed by atoms with van der Waals surface area (Å²) in [4.78, 5) is 39.5. The molecular formula is C26H23N5O7. The quantitative estimate of drug-likeness (QED) is 0.259. The van der Waals surface area contributed by atoms with E-state index >= 15 is 0 Å². The van der Waals surface area contributed by atoms with Crippen molar-refractivity contribution in [2.24, 2.45) is 0 Å². The van der Waals surface area contributed by atoms with Crippen LogP contribution in [0.15, 0.2) is 47.6 Å². The lowest BCUT2D eigenvalue weighted by atomic mass is 9.70. The molecule has 0 unspecified atom stereocenters. The third-order valence-corrected chi connectivity index (χ3v) is 6.87. The van der Waals surface area contributed by atoms with Gasteiger partial charge >= 0.3 is 0 Å². The van der Waals surface area contributed by atoms with Gasteiger partial charge in [0, 0.05) is 23.0 Å². The standard InChI is InChI=1S/C26H23N5O7/c1-11-22(34)20(13(3)32)24-21(23(11)35)26(4)18(38-24)9-16(33)19(25(26)36)12(2)28-14-6-7-17(37-5)15(8-14)31-10-27-29-30-31/h6-10,28,34-35H,1-5H3/b19-12+/t26-/m0/s1. The number of phenols is 2. The van der Waals surface area contributed by atoms with Crippen molar-refractivity contribution in [3.05, 3.63) is 64.3 Å². The number of tetrazole rings is 1. The highest BCUT2D eigenvalue weighted by Crippen LogP contribution is 2.57. The number of nitrogens with zero attached hydrogens (tertiary/aromatic N) is 4. The maximum atomic E-state index is 14.0. The first kappa shape index (κ1) is 24.7. The van der Waals surface area contributed by atoms with Crippen LogP contribution in [0.4, 0.5) is 5.69 Å². The molecule has 38 heavy (non-hydrogen) atoms. The minimum Gasteiger partial charge on any atom is -0.507 e. The fraction of sp³-hybridized carbons (Fsp3) is 0.231. The van der Waals surface area contributed by atoms with Gasteiger partial charge in [-0.2, -0.15) is 4.68 Å². The molecule has 3 N–H and O–H groups in total. The number of methoxy groups -OCH3 is 1. The van der Waals surface area contributed by atoms with E-state index in [1.807, 2.05) is 0 Å². The lowest BCUT2D eigenvalue weighted by Crippen LogP contribution is -2.40. The second kappa shape index (κ2) is 8.54. The summed E-state index contributed by atoms with van der Waals surface area (Å²) in [5.74, 6) is -2.27. The minimum absolute atomic E-state index is 0.0254. The molecule has 0 saturated carbocycles. The van der Waals surface area contributed by atoms with Crippen molar-refractivity contribution in [1.82, 2.24) is 20.2 Å². The van der Waals surface area contributed by atoms with E-state index in [4.69, 9.17) is 9.47 Å². The van der Waals surface area contributed by atoms with Crippen LogP contribution in [0.2, 0.25) is 0 Å². The van der Waals surface area contributed by atoms with E-state index in [1.165, 1.54) is 38.9 Å². The molecule has 0 amide bonds. The van der Waals surface area contributed by atoms with E-state index in [2.05, 4.69) is 20.8 Å². The third-order valence-electron chi connectivity index (χ3n) is 6.87. The highest BCUT2D eigenvalue weighted by Gasteiger charge is 2.56. The van der Waals surface area contributed by atoms with Crippen molar-refractivity contribution in [3.8, 4) is 28.7 Å². The molecule has 2 aromatic carbocycles. The molecule has 3 aromatic rings. The Labute approximate surface area is 216 Å². The predicted octanol–water partition coefficient (Wildman–Crippen LogP) is 2.67. The SMILES string of the molecule is COc1ccc(N/C(C)=C2\C(=O)C=C3Oc4c(C(C)=O)c(O)c(C)c(O)c4[C@@]3(C)C2=O)cc1-n1cnnn1. The van der Waals surface area contributed by atoms with Gasteiger partial charge in [-0.15, -0.1) is 5.10 Å². The molecule has 12 nitrogen and oxygen atoms in total. The normalized spacial score (nSPS) is 19.3. The topological polar surface area (TPSA) is 166 Å². The number of aromatic nitrogens is 4. The maximum absolute atomic E-state index is 14.0. The molecular weight excluding hydrogens is 494 g/mol. The molecule has 1 aliphatic heterocycles. The van der Waals surface area contributed by atoms with Crippen molar-refractivity contribution in [2.75, 3.05) is 12.4 Å². The van der Waals surface area contributed by atoms with Crippen LogP contribution >= 0.6 is 0 Å². The molecule has 1 aliphatic carbocycles. The summed E-state index contributed by atoms with van der Waals surface area (Å²) in [6, 6.07) is 5.06. The van der Waals surface area contributed by atoms with Crippen LogP contribution in [0.3, 0.4) is 0 Å². The minimum atomic E-state index is -1.61. The van der Waals surface area contributed by atoms with Crippen LogP contribution in [0.1, 0.15) is 42.3 Å². The number of anilines is 1. The van der Waals surface area contributed by atoms with Crippen molar-refractivity contribution in [2.45, 2.75) is 33.1 Å². The summed E-state index contributed by atoms with van der Waals surface area (Å²) in [7, 11) is 1.50. The first-order valence-electron chi connectivity index (χ1n) is 11.5. The fourth-order valence-electron chi connectivity index (χ4n) is 4.86. The Morgan fingerprint density at radius 3 is 2.55 bits per heavy atom. The van der Waals surface area contributed by atoms with Crippen molar-refractivity contribution >= 4 is 23.0 Å². The molecule has 2 heterocycles. The number of benzene rings is 2. The number of ether oxygens (including phenoxy) is 2. The molecule has 0 bridgehead atoms. The number of hydrogen-bond donors (Lipinski definition) is 3. The van der Waals surface area contributed by atoms with Crippen molar-refractivity contribution < 1.29 is 34.1 Å². The summed E-state index contributed by atoms with van der Waals surface area (Å²) in [5, 5.41) is 35.7.